The van der Waals surface area contributed by atoms with Crippen LogP contribution < -0.4 is 5.32 Å². The molecule has 3 heterocycles. The second-order valence-corrected chi connectivity index (χ2v) is 7.98. The smallest absolute Gasteiger partial charge is 0.335 e. The summed E-state index contributed by atoms with van der Waals surface area (Å²) in [5.41, 5.74) is 2.53. The zero-order valence-corrected chi connectivity index (χ0v) is 19.0. The topological polar surface area (TPSA) is 105 Å². The Morgan fingerprint density at radius 3 is 2.73 bits per heavy atom. The maximum atomic E-state index is 12.3. The fourth-order valence-electron chi connectivity index (χ4n) is 3.96. The van der Waals surface area contributed by atoms with Crippen molar-refractivity contribution in [2.45, 2.75) is 25.9 Å². The summed E-state index contributed by atoms with van der Waals surface area (Å²) in [5, 5.41) is 12.9. The van der Waals surface area contributed by atoms with Crippen LogP contribution >= 0.6 is 12.2 Å². The van der Waals surface area contributed by atoms with Gasteiger partial charge in [0.15, 0.2) is 5.11 Å². The van der Waals surface area contributed by atoms with Gasteiger partial charge in [-0.25, -0.2) is 4.79 Å². The van der Waals surface area contributed by atoms with Crippen LogP contribution in [0.2, 0.25) is 0 Å². The second-order valence-electron chi connectivity index (χ2n) is 7.60. The second kappa shape index (κ2) is 9.41. The van der Waals surface area contributed by atoms with E-state index in [9.17, 15) is 14.7 Å². The molecular formula is C24H23N3O5S. The standard InChI is InChI=1S/C24H23N3O5S/c1-3-31-20(28)13-27-22(21(26-24(27)33)17-6-4-5-11-25-17)19-10-9-18(32-19)16-8-7-15(23(29)30)12-14(16)2/h4-12,21-22H,3,13H2,1-2H3,(H,26,33)(H,29,30)/t21-,22-/m1/s1. The van der Waals surface area contributed by atoms with Gasteiger partial charge in [-0.1, -0.05) is 12.1 Å². The molecule has 0 spiro atoms. The third-order valence-electron chi connectivity index (χ3n) is 5.46. The lowest BCUT2D eigenvalue weighted by molar-refractivity contribution is -0.143. The number of nitrogens with one attached hydrogen (secondary N) is 1. The van der Waals surface area contributed by atoms with Crippen molar-refractivity contribution >= 4 is 29.3 Å². The summed E-state index contributed by atoms with van der Waals surface area (Å²) >= 11 is 5.54. The van der Waals surface area contributed by atoms with Crippen molar-refractivity contribution in [3.05, 3.63) is 77.3 Å². The number of nitrogens with zero attached hydrogens (tertiary/aromatic N) is 2. The fraction of sp³-hybridized carbons (Fsp3) is 0.250. The first-order chi connectivity index (χ1) is 15.9. The number of carboxylic acid groups (broad SMARTS) is 1. The summed E-state index contributed by atoms with van der Waals surface area (Å²) in [5.74, 6) is -0.185. The van der Waals surface area contributed by atoms with E-state index < -0.39 is 12.0 Å². The van der Waals surface area contributed by atoms with E-state index in [0.29, 0.717) is 16.6 Å². The number of hydrogen-bond acceptors (Lipinski definition) is 6. The van der Waals surface area contributed by atoms with Gasteiger partial charge in [0.2, 0.25) is 0 Å². The molecule has 0 saturated carbocycles. The number of benzene rings is 1. The first kappa shape index (κ1) is 22.5. The minimum atomic E-state index is -0.983. The number of esters is 1. The molecule has 0 unspecified atom stereocenters. The lowest BCUT2D eigenvalue weighted by Gasteiger charge is -2.25. The zero-order chi connectivity index (χ0) is 23.5. The van der Waals surface area contributed by atoms with Gasteiger partial charge >= 0.3 is 11.9 Å². The molecule has 33 heavy (non-hydrogen) atoms. The molecule has 0 amide bonds. The molecular weight excluding hydrogens is 442 g/mol. The van der Waals surface area contributed by atoms with Crippen LogP contribution in [0.3, 0.4) is 0 Å². The van der Waals surface area contributed by atoms with E-state index in [1.54, 1.807) is 36.2 Å². The van der Waals surface area contributed by atoms with Gasteiger partial charge in [-0.3, -0.25) is 9.78 Å². The number of carbonyl (C=O) groups excluding carboxylic acids is 1. The number of pyridine rings is 1. The average molecular weight is 466 g/mol. The van der Waals surface area contributed by atoms with Gasteiger partial charge in [-0.2, -0.15) is 0 Å². The lowest BCUT2D eigenvalue weighted by atomic mass is 10.0. The van der Waals surface area contributed by atoms with Crippen LogP contribution in [0.4, 0.5) is 0 Å². The van der Waals surface area contributed by atoms with Gasteiger partial charge < -0.3 is 24.5 Å². The van der Waals surface area contributed by atoms with Gasteiger partial charge in [-0.05, 0) is 68.0 Å². The average Bonchev–Trinajstić information content (AvgIpc) is 3.39. The van der Waals surface area contributed by atoms with Crippen molar-refractivity contribution in [1.29, 1.82) is 0 Å². The summed E-state index contributed by atoms with van der Waals surface area (Å²) in [6.45, 7) is 3.83. The van der Waals surface area contributed by atoms with E-state index in [2.05, 4.69) is 10.3 Å². The Hall–Kier alpha value is -3.72. The highest BCUT2D eigenvalue weighted by molar-refractivity contribution is 7.80. The van der Waals surface area contributed by atoms with Gasteiger partial charge in [0, 0.05) is 11.8 Å². The van der Waals surface area contributed by atoms with Crippen molar-refractivity contribution in [1.82, 2.24) is 15.2 Å². The van der Waals surface area contributed by atoms with Crippen molar-refractivity contribution in [3.63, 3.8) is 0 Å². The molecule has 0 radical (unpaired) electrons. The number of ether oxygens (including phenoxy) is 1. The molecule has 1 saturated heterocycles. The molecule has 1 aliphatic rings. The van der Waals surface area contributed by atoms with Crippen molar-refractivity contribution in [3.8, 4) is 11.3 Å². The summed E-state index contributed by atoms with van der Waals surface area (Å²) in [6.07, 6.45) is 1.70. The molecule has 2 atom stereocenters. The Bertz CT molecular complexity index is 1190. The number of carboxylic acids is 1. The highest BCUT2D eigenvalue weighted by Crippen LogP contribution is 2.40. The third-order valence-corrected chi connectivity index (χ3v) is 5.81. The molecule has 4 rings (SSSR count). The van der Waals surface area contributed by atoms with Crippen LogP contribution in [0.1, 0.15) is 46.4 Å². The van der Waals surface area contributed by atoms with Crippen LogP contribution in [0.5, 0.6) is 0 Å². The molecule has 2 N–H and O–H groups in total. The van der Waals surface area contributed by atoms with Crippen LogP contribution in [0.15, 0.2) is 59.1 Å². The fourth-order valence-corrected chi connectivity index (χ4v) is 4.27. The normalized spacial score (nSPS) is 17.6. The molecule has 2 aromatic heterocycles. The molecule has 1 aromatic carbocycles. The molecule has 0 aliphatic carbocycles. The monoisotopic (exact) mass is 465 g/mol. The Kier molecular flexibility index (Phi) is 6.41. The SMILES string of the molecule is CCOC(=O)CN1C(=S)N[C@H](c2ccccn2)[C@H]1c1ccc(-c2ccc(C(=O)O)cc2C)o1. The molecule has 9 heteroatoms. The number of furan rings is 1. The van der Waals surface area contributed by atoms with E-state index in [1.165, 1.54) is 0 Å². The van der Waals surface area contributed by atoms with Crippen LogP contribution in [0, 0.1) is 6.92 Å². The van der Waals surface area contributed by atoms with Crippen LogP contribution in [-0.2, 0) is 9.53 Å². The Morgan fingerprint density at radius 2 is 2.06 bits per heavy atom. The summed E-state index contributed by atoms with van der Waals surface area (Å²) in [6, 6.07) is 13.4. The highest BCUT2D eigenvalue weighted by atomic mass is 32.1. The number of aromatic carboxylic acids is 1. The van der Waals surface area contributed by atoms with Crippen molar-refractivity contribution < 1.29 is 23.8 Å². The minimum absolute atomic E-state index is 0.0317. The Morgan fingerprint density at radius 1 is 1.24 bits per heavy atom. The van der Waals surface area contributed by atoms with Crippen LogP contribution in [0.25, 0.3) is 11.3 Å². The van der Waals surface area contributed by atoms with Crippen molar-refractivity contribution in [2.24, 2.45) is 0 Å². The summed E-state index contributed by atoms with van der Waals surface area (Å²) < 4.78 is 11.4. The van der Waals surface area contributed by atoms with E-state index in [1.807, 2.05) is 37.3 Å². The number of aromatic nitrogens is 1. The molecule has 1 aliphatic heterocycles. The predicted molar refractivity (Wildman–Crippen MR) is 125 cm³/mol. The largest absolute Gasteiger partial charge is 0.478 e. The number of aryl methyl sites for hydroxylation is 1. The zero-order valence-electron chi connectivity index (χ0n) is 18.1. The summed E-state index contributed by atoms with van der Waals surface area (Å²) in [7, 11) is 0. The number of carbonyl (C=O) groups is 2. The Balaban J connectivity index is 1.71. The van der Waals surface area contributed by atoms with Gasteiger partial charge in [0.05, 0.1) is 23.9 Å². The van der Waals surface area contributed by atoms with E-state index in [0.717, 1.165) is 16.8 Å². The quantitative estimate of drug-likeness (QED) is 0.397. The Labute approximate surface area is 196 Å². The molecule has 3 aromatic rings. The lowest BCUT2D eigenvalue weighted by Crippen LogP contribution is -2.35. The van der Waals surface area contributed by atoms with Crippen molar-refractivity contribution in [2.75, 3.05) is 13.2 Å². The number of thiocarbonyl (C=S) groups is 1. The first-order valence-electron chi connectivity index (χ1n) is 10.5. The number of hydrogen-bond donors (Lipinski definition) is 2. The highest BCUT2D eigenvalue weighted by Gasteiger charge is 2.42. The third kappa shape index (κ3) is 4.58. The first-order valence-corrected chi connectivity index (χ1v) is 10.9. The molecule has 0 bridgehead atoms. The van der Waals surface area contributed by atoms with E-state index in [4.69, 9.17) is 21.4 Å². The maximum Gasteiger partial charge on any atom is 0.335 e. The minimum Gasteiger partial charge on any atom is -0.478 e. The predicted octanol–water partition coefficient (Wildman–Crippen LogP) is 3.88. The molecule has 170 valence electrons. The van der Waals surface area contributed by atoms with Crippen LogP contribution in [-0.4, -0.2) is 45.2 Å². The number of rotatable bonds is 7. The molecule has 8 nitrogen and oxygen atoms in total. The summed E-state index contributed by atoms with van der Waals surface area (Å²) in [4.78, 5) is 29.7. The van der Waals surface area contributed by atoms with Gasteiger partial charge in [-0.15, -0.1) is 0 Å². The van der Waals surface area contributed by atoms with E-state index in [-0.39, 0.29) is 30.7 Å². The molecule has 1 fully saturated rings. The van der Waals surface area contributed by atoms with E-state index >= 15 is 0 Å². The van der Waals surface area contributed by atoms with Gasteiger partial charge in [0.25, 0.3) is 0 Å². The maximum absolute atomic E-state index is 12.3. The van der Waals surface area contributed by atoms with Gasteiger partial charge in [0.1, 0.15) is 24.1 Å².